The molecule has 2 atom stereocenters. The van der Waals surface area contributed by atoms with Gasteiger partial charge in [0.05, 0.1) is 0 Å². The molecule has 3 nitrogen and oxygen atoms in total. The van der Waals surface area contributed by atoms with E-state index in [4.69, 9.17) is 0 Å². The Morgan fingerprint density at radius 3 is 2.82 bits per heavy atom. The van der Waals surface area contributed by atoms with Gasteiger partial charge in [0.15, 0.2) is 0 Å². The lowest BCUT2D eigenvalue weighted by Gasteiger charge is -2.28. The second-order valence-corrected chi connectivity index (χ2v) is 5.43. The van der Waals surface area contributed by atoms with Gasteiger partial charge in [0.25, 0.3) is 0 Å². The molecule has 0 bridgehead atoms. The Bertz CT molecular complexity index is 196. The lowest BCUT2D eigenvalue weighted by atomic mass is 10.2. The van der Waals surface area contributed by atoms with Gasteiger partial charge >= 0.3 is 0 Å². The molecular formula is C14H31N3. The molecule has 0 aromatic carbocycles. The van der Waals surface area contributed by atoms with Crippen LogP contribution >= 0.6 is 0 Å². The lowest BCUT2D eigenvalue weighted by Crippen LogP contribution is -2.40. The average Bonchev–Trinajstić information content (AvgIpc) is 2.74. The molecule has 1 rings (SSSR count). The van der Waals surface area contributed by atoms with Crippen LogP contribution in [0.15, 0.2) is 0 Å². The van der Waals surface area contributed by atoms with Crippen LogP contribution in [0, 0.1) is 0 Å². The summed E-state index contributed by atoms with van der Waals surface area (Å²) in [6.07, 6.45) is 4.03. The number of hydrogen-bond acceptors (Lipinski definition) is 3. The van der Waals surface area contributed by atoms with E-state index in [1.54, 1.807) is 0 Å². The molecule has 0 spiro atoms. The zero-order valence-electron chi connectivity index (χ0n) is 12.2. The van der Waals surface area contributed by atoms with E-state index < -0.39 is 0 Å². The molecule has 102 valence electrons. The van der Waals surface area contributed by atoms with Crippen LogP contribution < -0.4 is 5.32 Å². The fourth-order valence-electron chi connectivity index (χ4n) is 2.83. The summed E-state index contributed by atoms with van der Waals surface area (Å²) in [5, 5.41) is 3.48. The lowest BCUT2D eigenvalue weighted by molar-refractivity contribution is 0.194. The highest BCUT2D eigenvalue weighted by atomic mass is 15.2. The van der Waals surface area contributed by atoms with E-state index in [0.717, 1.165) is 12.6 Å². The van der Waals surface area contributed by atoms with Crippen LogP contribution in [-0.4, -0.2) is 61.7 Å². The van der Waals surface area contributed by atoms with Crippen molar-refractivity contribution in [3.8, 4) is 0 Å². The maximum absolute atomic E-state index is 3.48. The monoisotopic (exact) mass is 241 g/mol. The Morgan fingerprint density at radius 1 is 1.41 bits per heavy atom. The van der Waals surface area contributed by atoms with Gasteiger partial charge in [-0.05, 0) is 59.4 Å². The predicted molar refractivity (Wildman–Crippen MR) is 75.5 cm³/mol. The summed E-state index contributed by atoms with van der Waals surface area (Å²) >= 11 is 0. The molecule has 2 unspecified atom stereocenters. The summed E-state index contributed by atoms with van der Waals surface area (Å²) in [4.78, 5) is 5.14. The minimum Gasteiger partial charge on any atom is -0.314 e. The van der Waals surface area contributed by atoms with Crippen molar-refractivity contribution < 1.29 is 0 Å². The SMILES string of the molecule is CCNC(C)CCN(C)CC1CCCN1CC. The molecule has 0 aromatic rings. The number of nitrogens with one attached hydrogen (secondary N) is 1. The van der Waals surface area contributed by atoms with E-state index in [9.17, 15) is 0 Å². The highest BCUT2D eigenvalue weighted by Crippen LogP contribution is 2.17. The van der Waals surface area contributed by atoms with Crippen molar-refractivity contribution in [3.05, 3.63) is 0 Å². The third kappa shape index (κ3) is 5.36. The molecule has 1 heterocycles. The van der Waals surface area contributed by atoms with Gasteiger partial charge < -0.3 is 10.2 Å². The van der Waals surface area contributed by atoms with Crippen molar-refractivity contribution in [3.63, 3.8) is 0 Å². The molecule has 1 aliphatic rings. The second kappa shape index (κ2) is 8.06. The van der Waals surface area contributed by atoms with Crippen LogP contribution in [-0.2, 0) is 0 Å². The van der Waals surface area contributed by atoms with Gasteiger partial charge in [-0.2, -0.15) is 0 Å². The Morgan fingerprint density at radius 2 is 2.18 bits per heavy atom. The standard InChI is InChI=1S/C14H31N3/c1-5-15-13(3)9-11-16(4)12-14-8-7-10-17(14)6-2/h13-15H,5-12H2,1-4H3. The molecule has 1 N–H and O–H groups in total. The summed E-state index contributed by atoms with van der Waals surface area (Å²) < 4.78 is 0. The molecule has 17 heavy (non-hydrogen) atoms. The Balaban J connectivity index is 2.17. The van der Waals surface area contributed by atoms with Crippen LogP contribution in [0.2, 0.25) is 0 Å². The fraction of sp³-hybridized carbons (Fsp3) is 1.00. The third-order valence-corrected chi connectivity index (χ3v) is 3.92. The Labute approximate surface area is 108 Å². The second-order valence-electron chi connectivity index (χ2n) is 5.43. The average molecular weight is 241 g/mol. The van der Waals surface area contributed by atoms with Gasteiger partial charge in [0.1, 0.15) is 0 Å². The normalized spacial score (nSPS) is 23.5. The van der Waals surface area contributed by atoms with Crippen LogP contribution in [0.5, 0.6) is 0 Å². The first-order valence-corrected chi connectivity index (χ1v) is 7.33. The van der Waals surface area contributed by atoms with E-state index in [2.05, 4.69) is 42.9 Å². The van der Waals surface area contributed by atoms with Crippen molar-refractivity contribution in [2.75, 3.05) is 39.8 Å². The van der Waals surface area contributed by atoms with Crippen LogP contribution in [0.25, 0.3) is 0 Å². The van der Waals surface area contributed by atoms with E-state index >= 15 is 0 Å². The summed E-state index contributed by atoms with van der Waals surface area (Å²) in [7, 11) is 2.27. The topological polar surface area (TPSA) is 18.5 Å². The third-order valence-electron chi connectivity index (χ3n) is 3.92. The van der Waals surface area contributed by atoms with Gasteiger partial charge in [-0.25, -0.2) is 0 Å². The molecule has 1 saturated heterocycles. The number of likely N-dealkylation sites (N-methyl/N-ethyl adjacent to an activating group) is 2. The number of nitrogens with zero attached hydrogens (tertiary/aromatic N) is 2. The van der Waals surface area contributed by atoms with Gasteiger partial charge in [0, 0.05) is 18.6 Å². The van der Waals surface area contributed by atoms with Crippen LogP contribution in [0.4, 0.5) is 0 Å². The van der Waals surface area contributed by atoms with E-state index in [0.29, 0.717) is 6.04 Å². The zero-order valence-corrected chi connectivity index (χ0v) is 12.2. The summed E-state index contributed by atoms with van der Waals surface area (Å²) in [6, 6.07) is 1.45. The first-order chi connectivity index (χ1) is 8.17. The molecule has 1 aliphatic heterocycles. The van der Waals surface area contributed by atoms with Crippen LogP contribution in [0.1, 0.15) is 40.0 Å². The van der Waals surface area contributed by atoms with Gasteiger partial charge in [-0.3, -0.25) is 4.90 Å². The Hall–Kier alpha value is -0.120. The first kappa shape index (κ1) is 14.9. The molecule has 0 amide bonds. The van der Waals surface area contributed by atoms with Gasteiger partial charge in [0.2, 0.25) is 0 Å². The Kier molecular flexibility index (Phi) is 7.09. The van der Waals surface area contributed by atoms with E-state index in [1.807, 2.05) is 0 Å². The molecular weight excluding hydrogens is 210 g/mol. The zero-order chi connectivity index (χ0) is 12.7. The number of likely N-dealkylation sites (tertiary alicyclic amines) is 1. The molecule has 1 fully saturated rings. The minimum atomic E-state index is 0.647. The van der Waals surface area contributed by atoms with Crippen LogP contribution in [0.3, 0.4) is 0 Å². The summed E-state index contributed by atoms with van der Waals surface area (Å²) in [5.41, 5.74) is 0. The van der Waals surface area contributed by atoms with Gasteiger partial charge in [-0.15, -0.1) is 0 Å². The minimum absolute atomic E-state index is 0.647. The van der Waals surface area contributed by atoms with Gasteiger partial charge in [-0.1, -0.05) is 13.8 Å². The summed E-state index contributed by atoms with van der Waals surface area (Å²) in [6.45, 7) is 12.8. The van der Waals surface area contributed by atoms with Crippen molar-refractivity contribution in [2.45, 2.75) is 52.1 Å². The highest BCUT2D eigenvalue weighted by Gasteiger charge is 2.23. The fourth-order valence-corrected chi connectivity index (χ4v) is 2.83. The van der Waals surface area contributed by atoms with E-state index in [1.165, 1.54) is 45.4 Å². The predicted octanol–water partition coefficient (Wildman–Crippen LogP) is 1.79. The largest absolute Gasteiger partial charge is 0.314 e. The number of rotatable bonds is 8. The highest BCUT2D eigenvalue weighted by molar-refractivity contribution is 4.80. The van der Waals surface area contributed by atoms with Crippen molar-refractivity contribution in [1.29, 1.82) is 0 Å². The van der Waals surface area contributed by atoms with Crippen molar-refractivity contribution in [1.82, 2.24) is 15.1 Å². The smallest absolute Gasteiger partial charge is 0.0223 e. The molecule has 3 heteroatoms. The molecule has 0 aromatic heterocycles. The molecule has 0 radical (unpaired) electrons. The first-order valence-electron chi connectivity index (χ1n) is 7.33. The molecule has 0 aliphatic carbocycles. The van der Waals surface area contributed by atoms with Crippen molar-refractivity contribution in [2.24, 2.45) is 0 Å². The number of hydrogen-bond donors (Lipinski definition) is 1. The maximum Gasteiger partial charge on any atom is 0.0223 e. The van der Waals surface area contributed by atoms with Crippen molar-refractivity contribution >= 4 is 0 Å². The maximum atomic E-state index is 3.48. The quantitative estimate of drug-likeness (QED) is 0.699. The van der Waals surface area contributed by atoms with E-state index in [-0.39, 0.29) is 0 Å². The molecule has 0 saturated carbocycles. The summed E-state index contributed by atoms with van der Waals surface area (Å²) in [5.74, 6) is 0.